The van der Waals surface area contributed by atoms with Crippen LogP contribution in [0.3, 0.4) is 0 Å². The van der Waals surface area contributed by atoms with Crippen LogP contribution in [-0.4, -0.2) is 51.9 Å². The predicted octanol–water partition coefficient (Wildman–Crippen LogP) is 15.1. The van der Waals surface area contributed by atoms with E-state index in [0.717, 1.165) is 11.4 Å². The molecular weight excluding hydrogens is 1040 g/mol. The number of para-hydroxylation sites is 2. The molecular formula is C57H48Cl6N8O2. The van der Waals surface area contributed by atoms with E-state index in [0.29, 0.717) is 104 Å². The fourth-order valence-corrected chi connectivity index (χ4v) is 10.9. The molecule has 6 aromatic carbocycles. The van der Waals surface area contributed by atoms with E-state index in [4.69, 9.17) is 69.6 Å². The van der Waals surface area contributed by atoms with Crippen LogP contribution < -0.4 is 9.80 Å². The van der Waals surface area contributed by atoms with Gasteiger partial charge in [0, 0.05) is 58.9 Å². The molecule has 0 saturated heterocycles. The van der Waals surface area contributed by atoms with Crippen LogP contribution in [0.1, 0.15) is 54.4 Å². The number of fused-ring (bicyclic) bond motifs is 2. The summed E-state index contributed by atoms with van der Waals surface area (Å²) in [5.41, 5.74) is 5.06. The molecule has 73 heavy (non-hydrogen) atoms. The molecule has 10 rings (SSSR count). The number of anilines is 4. The van der Waals surface area contributed by atoms with Gasteiger partial charge < -0.3 is 29.1 Å². The minimum atomic E-state index is -1.52. The molecule has 4 aromatic heterocycles. The van der Waals surface area contributed by atoms with E-state index < -0.39 is 11.2 Å². The molecule has 0 spiro atoms. The Morgan fingerprint density at radius 2 is 0.918 bits per heavy atom. The van der Waals surface area contributed by atoms with Crippen molar-refractivity contribution in [2.24, 2.45) is 14.1 Å². The van der Waals surface area contributed by atoms with E-state index in [-0.39, 0.29) is 6.04 Å². The topological polar surface area (TPSA) is 108 Å². The van der Waals surface area contributed by atoms with Crippen molar-refractivity contribution in [2.45, 2.75) is 38.0 Å². The van der Waals surface area contributed by atoms with Crippen molar-refractivity contribution in [2.75, 3.05) is 16.3 Å². The summed E-state index contributed by atoms with van der Waals surface area (Å²) in [5.74, 6) is 0. The van der Waals surface area contributed by atoms with Gasteiger partial charge in [-0.15, -0.1) is 0 Å². The fraction of sp³-hybridized carbons (Fsp3) is 0.158. The Balaban J connectivity index is 0.000000180. The van der Waals surface area contributed by atoms with Crippen LogP contribution in [0.5, 0.6) is 0 Å². The summed E-state index contributed by atoms with van der Waals surface area (Å²) >= 11 is 39.8. The zero-order chi connectivity index (χ0) is 51.8. The van der Waals surface area contributed by atoms with Crippen LogP contribution in [0.15, 0.2) is 171 Å². The van der Waals surface area contributed by atoms with Crippen LogP contribution >= 0.6 is 69.6 Å². The molecule has 0 saturated carbocycles. The predicted molar refractivity (Wildman–Crippen MR) is 300 cm³/mol. The van der Waals surface area contributed by atoms with Crippen LogP contribution in [-0.2, 0) is 25.3 Å². The Labute approximate surface area is 453 Å². The average molecular weight is 1090 g/mol. The second kappa shape index (κ2) is 21.3. The molecule has 0 radical (unpaired) electrons. The van der Waals surface area contributed by atoms with Gasteiger partial charge in [-0.1, -0.05) is 142 Å². The van der Waals surface area contributed by atoms with Gasteiger partial charge in [0.2, 0.25) is 0 Å². The highest BCUT2D eigenvalue weighted by Gasteiger charge is 2.39. The van der Waals surface area contributed by atoms with E-state index in [9.17, 15) is 10.2 Å². The molecule has 0 fully saturated rings. The smallest absolute Gasteiger partial charge is 0.156 e. The van der Waals surface area contributed by atoms with Gasteiger partial charge in [-0.25, -0.2) is 19.9 Å². The normalized spacial score (nSPS) is 13.1. The molecule has 10 aromatic rings. The van der Waals surface area contributed by atoms with Crippen LogP contribution in [0.2, 0.25) is 30.4 Å². The molecule has 0 amide bonds. The maximum absolute atomic E-state index is 12.3. The lowest BCUT2D eigenvalue weighted by Crippen LogP contribution is -2.31. The molecule has 0 aliphatic rings. The number of imidazole rings is 2. The Hall–Kier alpha value is -6.18. The third-order valence-electron chi connectivity index (χ3n) is 12.9. The number of hydrogen-bond donors (Lipinski definition) is 2. The first-order valence-electron chi connectivity index (χ1n) is 23.2. The highest BCUT2D eigenvalue weighted by atomic mass is 35.5. The standard InChI is InChI=1S/C29H25Cl3N4O.C28H23Cl3N4O/c1-18(2)36(22-7-5-4-6-8-22)27-26(31)23-15-20(11-14-24(23)34-28(27)32)29(37,25-16-33-17-35(25)3)19-9-12-21(30)13-10-19;1-3-35(21-7-5-4-6-8-21)26-25(30)22-15-19(11-14-23(22)33-27(26)31)28(36,24-16-32-17-34(24)2)18-9-12-20(29)13-10-18/h4-18,37H,1-3H3;4-17,36H,3H2,1-2H3. The molecule has 0 aliphatic heterocycles. The number of halogens is 6. The van der Waals surface area contributed by atoms with Gasteiger partial charge >= 0.3 is 0 Å². The minimum absolute atomic E-state index is 0.0558. The van der Waals surface area contributed by atoms with Gasteiger partial charge in [0.1, 0.15) is 0 Å². The van der Waals surface area contributed by atoms with Gasteiger partial charge in [-0.05, 0) is 116 Å². The first kappa shape index (κ1) is 51.7. The highest BCUT2D eigenvalue weighted by molar-refractivity contribution is 6.43. The van der Waals surface area contributed by atoms with Crippen molar-refractivity contribution >= 4 is 114 Å². The highest BCUT2D eigenvalue weighted by Crippen LogP contribution is 2.46. The van der Waals surface area contributed by atoms with E-state index in [1.165, 1.54) is 0 Å². The lowest BCUT2D eigenvalue weighted by atomic mass is 9.83. The Bertz CT molecular complexity index is 3580. The van der Waals surface area contributed by atoms with Crippen molar-refractivity contribution < 1.29 is 10.2 Å². The van der Waals surface area contributed by atoms with Crippen molar-refractivity contribution in [1.29, 1.82) is 0 Å². The van der Waals surface area contributed by atoms with E-state index >= 15 is 0 Å². The van der Waals surface area contributed by atoms with E-state index in [2.05, 4.69) is 38.7 Å². The maximum Gasteiger partial charge on any atom is 0.156 e. The first-order valence-corrected chi connectivity index (χ1v) is 25.5. The van der Waals surface area contributed by atoms with Crippen molar-refractivity contribution in [3.63, 3.8) is 0 Å². The first-order chi connectivity index (χ1) is 35.1. The largest absolute Gasteiger partial charge is 0.374 e. The molecule has 10 nitrogen and oxygen atoms in total. The molecule has 4 heterocycles. The van der Waals surface area contributed by atoms with E-state index in [1.807, 2.05) is 135 Å². The molecule has 2 N–H and O–H groups in total. The summed E-state index contributed by atoms with van der Waals surface area (Å²) < 4.78 is 3.59. The summed E-state index contributed by atoms with van der Waals surface area (Å²) in [6.45, 7) is 6.81. The molecule has 370 valence electrons. The second-order valence-corrected chi connectivity index (χ2v) is 20.0. The third-order valence-corrected chi connectivity index (χ3v) is 14.7. The summed E-state index contributed by atoms with van der Waals surface area (Å²) in [6, 6.07) is 45.2. The number of rotatable bonds is 12. The van der Waals surface area contributed by atoms with Crippen molar-refractivity contribution in [1.82, 2.24) is 29.1 Å². The number of aliphatic hydroxyl groups is 2. The Morgan fingerprint density at radius 3 is 1.32 bits per heavy atom. The van der Waals surface area contributed by atoms with E-state index in [1.54, 1.807) is 70.6 Å². The van der Waals surface area contributed by atoms with Crippen LogP contribution in [0.25, 0.3) is 21.8 Å². The fourth-order valence-electron chi connectivity index (χ4n) is 9.33. The summed E-state index contributed by atoms with van der Waals surface area (Å²) in [7, 11) is 3.69. The number of aryl methyl sites for hydroxylation is 2. The molecule has 2 unspecified atom stereocenters. The second-order valence-electron chi connectivity index (χ2n) is 17.7. The third kappa shape index (κ3) is 9.75. The Morgan fingerprint density at radius 1 is 0.521 bits per heavy atom. The van der Waals surface area contributed by atoms with Gasteiger partial charge in [0.25, 0.3) is 0 Å². The Kier molecular flexibility index (Phi) is 15.1. The zero-order valence-corrected chi connectivity index (χ0v) is 44.7. The monoisotopic (exact) mass is 1090 g/mol. The van der Waals surface area contributed by atoms with Gasteiger partial charge in [0.15, 0.2) is 21.5 Å². The average Bonchev–Trinajstić information content (AvgIpc) is 4.04. The number of pyridine rings is 2. The SMILES string of the molecule is CC(C)N(c1ccccc1)c1c(Cl)nc2ccc(C(O)(c3ccc(Cl)cc3)c3cncn3C)cc2c1Cl.CCN(c1ccccc1)c1c(Cl)nc2ccc(C(O)(c3ccc(Cl)cc3)c3cncn3C)cc2c1Cl. The number of hydrogen-bond acceptors (Lipinski definition) is 8. The lowest BCUT2D eigenvalue weighted by molar-refractivity contribution is 0.117. The summed E-state index contributed by atoms with van der Waals surface area (Å²) in [5, 5.41) is 28.7. The van der Waals surface area contributed by atoms with Crippen LogP contribution in [0, 0.1) is 0 Å². The van der Waals surface area contributed by atoms with Crippen molar-refractivity contribution in [3.05, 3.63) is 235 Å². The van der Waals surface area contributed by atoms with Crippen molar-refractivity contribution in [3.8, 4) is 0 Å². The molecule has 0 bridgehead atoms. The number of aromatic nitrogens is 6. The summed E-state index contributed by atoms with van der Waals surface area (Å²) in [6.07, 6.45) is 6.62. The quantitative estimate of drug-likeness (QED) is 0.117. The number of nitrogens with zero attached hydrogens (tertiary/aromatic N) is 8. The minimum Gasteiger partial charge on any atom is -0.374 e. The van der Waals surface area contributed by atoms with Gasteiger partial charge in [0.05, 0.1) is 68.9 Å². The number of benzene rings is 6. The lowest BCUT2D eigenvalue weighted by Gasteiger charge is -2.32. The zero-order valence-electron chi connectivity index (χ0n) is 40.2. The molecule has 2 atom stereocenters. The van der Waals surface area contributed by atoms with Crippen LogP contribution in [0.4, 0.5) is 22.7 Å². The maximum atomic E-state index is 12.3. The molecule has 0 aliphatic carbocycles. The van der Waals surface area contributed by atoms with Gasteiger partial charge in [-0.3, -0.25) is 0 Å². The summed E-state index contributed by atoms with van der Waals surface area (Å²) in [4.78, 5) is 21.9. The van der Waals surface area contributed by atoms with Gasteiger partial charge in [-0.2, -0.15) is 0 Å². The molecule has 16 heteroatoms.